The number of hydrogen-bond donors (Lipinski definition) is 2. The van der Waals surface area contributed by atoms with E-state index in [2.05, 4.69) is 21.7 Å². The Morgan fingerprint density at radius 2 is 2.07 bits per heavy atom. The maximum Gasteiger partial charge on any atom is 0.0938 e. The average molecular weight is 213 g/mol. The standard InChI is InChI=1S/C10H15NO2S/c12-9-5-11(6-10(9)13)3-1-8-2-4-14-7-8/h2,4,7,9-10,12-13H,1,3,5-6H2/t9-,10+. The van der Waals surface area contributed by atoms with E-state index in [1.54, 1.807) is 11.3 Å². The molecule has 2 atom stereocenters. The molecule has 2 rings (SSSR count). The van der Waals surface area contributed by atoms with Crippen LogP contribution in [0.1, 0.15) is 5.56 Å². The summed E-state index contributed by atoms with van der Waals surface area (Å²) < 4.78 is 0. The fraction of sp³-hybridized carbons (Fsp3) is 0.600. The second-order valence-corrected chi connectivity index (χ2v) is 4.56. The van der Waals surface area contributed by atoms with Crippen molar-refractivity contribution in [1.82, 2.24) is 4.90 Å². The molecule has 0 radical (unpaired) electrons. The van der Waals surface area contributed by atoms with Crippen molar-refractivity contribution < 1.29 is 10.2 Å². The largest absolute Gasteiger partial charge is 0.389 e. The Morgan fingerprint density at radius 1 is 1.36 bits per heavy atom. The fourth-order valence-electron chi connectivity index (χ4n) is 1.75. The predicted molar refractivity (Wildman–Crippen MR) is 56.5 cm³/mol. The number of aliphatic hydroxyl groups is 2. The number of hydrogen-bond acceptors (Lipinski definition) is 4. The number of nitrogens with zero attached hydrogens (tertiary/aromatic N) is 1. The highest BCUT2D eigenvalue weighted by atomic mass is 32.1. The van der Waals surface area contributed by atoms with Crippen LogP contribution in [0, 0.1) is 0 Å². The number of likely N-dealkylation sites (tertiary alicyclic amines) is 1. The van der Waals surface area contributed by atoms with Crippen molar-refractivity contribution >= 4 is 11.3 Å². The van der Waals surface area contributed by atoms with Crippen LogP contribution in [0.5, 0.6) is 0 Å². The van der Waals surface area contributed by atoms with Crippen LogP contribution in [0.4, 0.5) is 0 Å². The molecule has 0 amide bonds. The average Bonchev–Trinajstić information content (AvgIpc) is 2.74. The number of rotatable bonds is 3. The van der Waals surface area contributed by atoms with Gasteiger partial charge in [0.1, 0.15) is 0 Å². The highest BCUT2D eigenvalue weighted by molar-refractivity contribution is 7.07. The van der Waals surface area contributed by atoms with Gasteiger partial charge in [0.05, 0.1) is 12.2 Å². The van der Waals surface area contributed by atoms with Gasteiger partial charge in [-0.1, -0.05) is 0 Å². The highest BCUT2D eigenvalue weighted by Crippen LogP contribution is 2.12. The van der Waals surface area contributed by atoms with Gasteiger partial charge in [-0.25, -0.2) is 0 Å². The van der Waals surface area contributed by atoms with Crippen LogP contribution in [0.25, 0.3) is 0 Å². The van der Waals surface area contributed by atoms with Crippen LogP contribution in [-0.4, -0.2) is 47.0 Å². The van der Waals surface area contributed by atoms with Gasteiger partial charge >= 0.3 is 0 Å². The monoisotopic (exact) mass is 213 g/mol. The molecule has 0 saturated carbocycles. The van der Waals surface area contributed by atoms with E-state index in [1.807, 2.05) is 0 Å². The van der Waals surface area contributed by atoms with Crippen LogP contribution in [0.15, 0.2) is 16.8 Å². The quantitative estimate of drug-likeness (QED) is 0.760. The van der Waals surface area contributed by atoms with E-state index < -0.39 is 12.2 Å². The lowest BCUT2D eigenvalue weighted by atomic mass is 10.2. The zero-order valence-corrected chi connectivity index (χ0v) is 8.78. The van der Waals surface area contributed by atoms with Crippen LogP contribution < -0.4 is 0 Å². The molecule has 1 aliphatic heterocycles. The molecule has 1 aromatic rings. The molecular weight excluding hydrogens is 198 g/mol. The number of thiophene rings is 1. The van der Waals surface area contributed by atoms with E-state index in [-0.39, 0.29) is 0 Å². The molecule has 1 saturated heterocycles. The summed E-state index contributed by atoms with van der Waals surface area (Å²) in [5.41, 5.74) is 1.34. The van der Waals surface area contributed by atoms with Crippen LogP contribution in [-0.2, 0) is 6.42 Å². The normalized spacial score (nSPS) is 28.4. The lowest BCUT2D eigenvalue weighted by Crippen LogP contribution is -2.24. The molecule has 0 aliphatic carbocycles. The molecule has 1 aromatic heterocycles. The van der Waals surface area contributed by atoms with E-state index in [9.17, 15) is 10.2 Å². The second-order valence-electron chi connectivity index (χ2n) is 3.78. The first-order valence-corrected chi connectivity index (χ1v) is 5.79. The smallest absolute Gasteiger partial charge is 0.0938 e. The van der Waals surface area contributed by atoms with E-state index >= 15 is 0 Å². The minimum Gasteiger partial charge on any atom is -0.389 e. The fourth-order valence-corrected chi connectivity index (χ4v) is 2.45. The van der Waals surface area contributed by atoms with Crippen molar-refractivity contribution in [2.75, 3.05) is 19.6 Å². The van der Waals surface area contributed by atoms with Crippen molar-refractivity contribution in [3.05, 3.63) is 22.4 Å². The molecular formula is C10H15NO2S. The minimum atomic E-state index is -0.558. The van der Waals surface area contributed by atoms with E-state index in [0.717, 1.165) is 13.0 Å². The molecule has 1 aliphatic rings. The zero-order chi connectivity index (χ0) is 9.97. The number of aliphatic hydroxyl groups excluding tert-OH is 2. The highest BCUT2D eigenvalue weighted by Gasteiger charge is 2.28. The van der Waals surface area contributed by atoms with Crippen molar-refractivity contribution in [3.8, 4) is 0 Å². The van der Waals surface area contributed by atoms with E-state index in [4.69, 9.17) is 0 Å². The van der Waals surface area contributed by atoms with Gasteiger partial charge in [0.25, 0.3) is 0 Å². The van der Waals surface area contributed by atoms with Gasteiger partial charge in [-0.15, -0.1) is 0 Å². The van der Waals surface area contributed by atoms with Crippen LogP contribution in [0.2, 0.25) is 0 Å². The SMILES string of the molecule is O[C@@H]1CN(CCc2ccsc2)C[C@@H]1O. The lowest BCUT2D eigenvalue weighted by Gasteiger charge is -2.13. The molecule has 3 nitrogen and oxygen atoms in total. The van der Waals surface area contributed by atoms with Crippen molar-refractivity contribution in [3.63, 3.8) is 0 Å². The summed E-state index contributed by atoms with van der Waals surface area (Å²) in [6.07, 6.45) is -0.113. The van der Waals surface area contributed by atoms with E-state index in [1.165, 1.54) is 5.56 Å². The Balaban J connectivity index is 1.77. The Bertz CT molecular complexity index is 266. The van der Waals surface area contributed by atoms with Crippen molar-refractivity contribution in [2.45, 2.75) is 18.6 Å². The molecule has 4 heteroatoms. The van der Waals surface area contributed by atoms with Crippen molar-refractivity contribution in [1.29, 1.82) is 0 Å². The second kappa shape index (κ2) is 4.40. The Morgan fingerprint density at radius 3 is 2.64 bits per heavy atom. The van der Waals surface area contributed by atoms with Gasteiger partial charge in [0, 0.05) is 19.6 Å². The van der Waals surface area contributed by atoms with Crippen LogP contribution in [0.3, 0.4) is 0 Å². The Hall–Kier alpha value is -0.420. The summed E-state index contributed by atoms with van der Waals surface area (Å²) in [5.74, 6) is 0. The maximum absolute atomic E-state index is 9.34. The Labute approximate surface area is 87.6 Å². The van der Waals surface area contributed by atoms with Gasteiger partial charge < -0.3 is 10.2 Å². The summed E-state index contributed by atoms with van der Waals surface area (Å²) in [5, 5.41) is 22.9. The van der Waals surface area contributed by atoms with E-state index in [0.29, 0.717) is 13.1 Å². The third-order valence-corrected chi connectivity index (χ3v) is 3.36. The molecule has 14 heavy (non-hydrogen) atoms. The summed E-state index contributed by atoms with van der Waals surface area (Å²) in [6.45, 7) is 2.13. The van der Waals surface area contributed by atoms with Gasteiger partial charge in [-0.05, 0) is 28.8 Å². The molecule has 0 unspecified atom stereocenters. The molecule has 0 spiro atoms. The number of β-amino-alcohol motifs (C(OH)–C–C–N with tert-alkyl or cyclic N) is 2. The molecule has 2 N–H and O–H groups in total. The predicted octanol–water partition coefficient (Wildman–Crippen LogP) is 0.328. The Kier molecular flexibility index (Phi) is 3.18. The summed E-state index contributed by atoms with van der Waals surface area (Å²) in [4.78, 5) is 2.10. The van der Waals surface area contributed by atoms with Gasteiger partial charge in [0.2, 0.25) is 0 Å². The van der Waals surface area contributed by atoms with Gasteiger partial charge in [-0.2, -0.15) is 11.3 Å². The zero-order valence-electron chi connectivity index (χ0n) is 7.97. The van der Waals surface area contributed by atoms with Crippen LogP contribution >= 0.6 is 11.3 Å². The van der Waals surface area contributed by atoms with Gasteiger partial charge in [0.15, 0.2) is 0 Å². The lowest BCUT2D eigenvalue weighted by molar-refractivity contribution is 0.0572. The topological polar surface area (TPSA) is 43.7 Å². The summed E-state index contributed by atoms with van der Waals surface area (Å²) in [6, 6.07) is 2.12. The molecule has 78 valence electrons. The molecule has 1 fully saturated rings. The first kappa shape index (κ1) is 10.1. The molecule has 0 aromatic carbocycles. The molecule has 0 bridgehead atoms. The first-order valence-electron chi connectivity index (χ1n) is 4.85. The minimum absolute atomic E-state index is 0.558. The maximum atomic E-state index is 9.34. The molecule has 2 heterocycles. The first-order chi connectivity index (χ1) is 6.75. The summed E-state index contributed by atoms with van der Waals surface area (Å²) in [7, 11) is 0. The van der Waals surface area contributed by atoms with Gasteiger partial charge in [-0.3, -0.25) is 4.90 Å². The van der Waals surface area contributed by atoms with Crippen molar-refractivity contribution in [2.24, 2.45) is 0 Å². The third-order valence-electron chi connectivity index (χ3n) is 2.63. The third kappa shape index (κ3) is 2.33. The summed E-state index contributed by atoms with van der Waals surface area (Å²) >= 11 is 1.71.